The van der Waals surface area contributed by atoms with Crippen LogP contribution in [-0.4, -0.2) is 28.9 Å². The van der Waals surface area contributed by atoms with Gasteiger partial charge >= 0.3 is 0 Å². The van der Waals surface area contributed by atoms with E-state index in [0.29, 0.717) is 0 Å². The standard InChI is InChI=1S/C21H26N2OS/c1-16-3-5-18(6-4-16)7-8-19-11-13-23(14-12-19)21(24)10-9-20-15-25-17(2)22-20/h3-6,9-10,15,19H,7-8,11-14H2,1-2H3/b10-9+. The number of nitrogens with zero attached hydrogens (tertiary/aromatic N) is 2. The van der Waals surface area contributed by atoms with E-state index in [4.69, 9.17) is 0 Å². The molecule has 0 radical (unpaired) electrons. The molecule has 3 nitrogen and oxygen atoms in total. The summed E-state index contributed by atoms with van der Waals surface area (Å²) in [6.45, 7) is 5.85. The number of aryl methyl sites for hydroxylation is 3. The van der Waals surface area contributed by atoms with Crippen LogP contribution in [0, 0.1) is 19.8 Å². The minimum absolute atomic E-state index is 0.114. The lowest BCUT2D eigenvalue weighted by atomic mass is 9.90. The normalized spacial score (nSPS) is 15.8. The number of aromatic nitrogens is 1. The van der Waals surface area contributed by atoms with Crippen LogP contribution in [0.25, 0.3) is 6.08 Å². The number of hydrogen-bond acceptors (Lipinski definition) is 3. The molecule has 0 bridgehead atoms. The topological polar surface area (TPSA) is 33.2 Å². The van der Waals surface area contributed by atoms with Crippen molar-refractivity contribution in [3.05, 3.63) is 57.6 Å². The van der Waals surface area contributed by atoms with E-state index in [1.165, 1.54) is 17.5 Å². The van der Waals surface area contributed by atoms with Gasteiger partial charge in [-0.25, -0.2) is 4.98 Å². The number of likely N-dealkylation sites (tertiary alicyclic amines) is 1. The van der Waals surface area contributed by atoms with E-state index in [-0.39, 0.29) is 5.91 Å². The summed E-state index contributed by atoms with van der Waals surface area (Å²) in [6, 6.07) is 8.84. The Labute approximate surface area is 154 Å². The highest BCUT2D eigenvalue weighted by Crippen LogP contribution is 2.23. The molecular weight excluding hydrogens is 328 g/mol. The fourth-order valence-corrected chi connectivity index (χ4v) is 3.87. The van der Waals surface area contributed by atoms with Crippen molar-refractivity contribution in [1.29, 1.82) is 0 Å². The second kappa shape index (κ2) is 8.43. The first-order valence-electron chi connectivity index (χ1n) is 9.05. The first kappa shape index (κ1) is 17.9. The van der Waals surface area contributed by atoms with Crippen LogP contribution in [0.15, 0.2) is 35.7 Å². The highest BCUT2D eigenvalue weighted by atomic mass is 32.1. The molecule has 0 atom stereocenters. The van der Waals surface area contributed by atoms with Crippen molar-refractivity contribution >= 4 is 23.3 Å². The summed E-state index contributed by atoms with van der Waals surface area (Å²) in [4.78, 5) is 18.6. The van der Waals surface area contributed by atoms with Crippen molar-refractivity contribution < 1.29 is 4.79 Å². The Morgan fingerprint density at radius 1 is 1.24 bits per heavy atom. The van der Waals surface area contributed by atoms with E-state index >= 15 is 0 Å². The maximum atomic E-state index is 12.3. The second-order valence-electron chi connectivity index (χ2n) is 6.92. The third kappa shape index (κ3) is 5.27. The highest BCUT2D eigenvalue weighted by molar-refractivity contribution is 7.09. The lowest BCUT2D eigenvalue weighted by Gasteiger charge is -2.31. The molecule has 1 aliphatic rings. The summed E-state index contributed by atoms with van der Waals surface area (Å²) >= 11 is 1.61. The van der Waals surface area contributed by atoms with Gasteiger partial charge in [-0.3, -0.25) is 4.79 Å². The highest BCUT2D eigenvalue weighted by Gasteiger charge is 2.21. The summed E-state index contributed by atoms with van der Waals surface area (Å²) in [7, 11) is 0. The predicted octanol–water partition coefficient (Wildman–Crippen LogP) is 4.64. The third-order valence-electron chi connectivity index (χ3n) is 4.92. The molecule has 1 amide bonds. The Kier molecular flexibility index (Phi) is 6.03. The minimum Gasteiger partial charge on any atom is -0.339 e. The lowest BCUT2D eigenvalue weighted by Crippen LogP contribution is -2.37. The van der Waals surface area contributed by atoms with Gasteiger partial charge in [-0.2, -0.15) is 0 Å². The first-order valence-corrected chi connectivity index (χ1v) is 9.93. The van der Waals surface area contributed by atoms with Crippen LogP contribution < -0.4 is 0 Å². The summed E-state index contributed by atoms with van der Waals surface area (Å²) in [6.07, 6.45) is 8.08. The summed E-state index contributed by atoms with van der Waals surface area (Å²) in [5, 5.41) is 3.01. The average molecular weight is 355 g/mol. The van der Waals surface area contributed by atoms with Crippen LogP contribution in [0.1, 0.15) is 41.1 Å². The van der Waals surface area contributed by atoms with Crippen molar-refractivity contribution in [1.82, 2.24) is 9.88 Å². The van der Waals surface area contributed by atoms with Crippen molar-refractivity contribution in [2.45, 2.75) is 39.5 Å². The van der Waals surface area contributed by atoms with Crippen LogP contribution in [0.2, 0.25) is 0 Å². The van der Waals surface area contributed by atoms with E-state index in [0.717, 1.165) is 49.0 Å². The Morgan fingerprint density at radius 3 is 2.60 bits per heavy atom. The molecule has 0 spiro atoms. The largest absolute Gasteiger partial charge is 0.339 e. The summed E-state index contributed by atoms with van der Waals surface area (Å²) in [5.74, 6) is 0.846. The average Bonchev–Trinajstić information content (AvgIpc) is 3.05. The van der Waals surface area contributed by atoms with Crippen molar-refractivity contribution in [3.63, 3.8) is 0 Å². The Balaban J connectivity index is 1.42. The van der Waals surface area contributed by atoms with Gasteiger partial charge in [-0.1, -0.05) is 29.8 Å². The number of amides is 1. The lowest BCUT2D eigenvalue weighted by molar-refractivity contribution is -0.127. The molecule has 1 saturated heterocycles. The van der Waals surface area contributed by atoms with Crippen molar-refractivity contribution in [2.75, 3.05) is 13.1 Å². The van der Waals surface area contributed by atoms with Gasteiger partial charge in [0.2, 0.25) is 5.91 Å². The van der Waals surface area contributed by atoms with E-state index < -0.39 is 0 Å². The van der Waals surface area contributed by atoms with E-state index in [1.807, 2.05) is 23.3 Å². The number of carbonyl (C=O) groups excluding carboxylic acids is 1. The molecule has 0 saturated carbocycles. The molecule has 1 aliphatic heterocycles. The predicted molar refractivity (Wildman–Crippen MR) is 105 cm³/mol. The zero-order valence-electron chi connectivity index (χ0n) is 15.1. The third-order valence-corrected chi connectivity index (χ3v) is 5.71. The number of piperidine rings is 1. The smallest absolute Gasteiger partial charge is 0.246 e. The molecule has 1 fully saturated rings. The molecule has 2 heterocycles. The maximum Gasteiger partial charge on any atom is 0.246 e. The van der Waals surface area contributed by atoms with E-state index in [2.05, 4.69) is 36.2 Å². The van der Waals surface area contributed by atoms with Crippen molar-refractivity contribution in [2.24, 2.45) is 5.92 Å². The summed E-state index contributed by atoms with van der Waals surface area (Å²) < 4.78 is 0. The van der Waals surface area contributed by atoms with E-state index in [9.17, 15) is 4.79 Å². The Hall–Kier alpha value is -1.94. The van der Waals surface area contributed by atoms with Crippen LogP contribution in [0.4, 0.5) is 0 Å². The van der Waals surface area contributed by atoms with Crippen LogP contribution >= 0.6 is 11.3 Å². The molecule has 25 heavy (non-hydrogen) atoms. The maximum absolute atomic E-state index is 12.3. The van der Waals surface area contributed by atoms with Gasteiger partial charge in [0, 0.05) is 24.5 Å². The monoisotopic (exact) mass is 354 g/mol. The fourth-order valence-electron chi connectivity index (χ4n) is 3.29. The zero-order chi connectivity index (χ0) is 17.6. The van der Waals surface area contributed by atoms with Crippen LogP contribution in [-0.2, 0) is 11.2 Å². The van der Waals surface area contributed by atoms with Crippen LogP contribution in [0.3, 0.4) is 0 Å². The molecule has 0 aliphatic carbocycles. The SMILES string of the molecule is Cc1ccc(CCC2CCN(C(=O)/C=C/c3csc(C)n3)CC2)cc1. The number of hydrogen-bond donors (Lipinski definition) is 0. The Morgan fingerprint density at radius 2 is 1.96 bits per heavy atom. The molecule has 4 heteroatoms. The van der Waals surface area contributed by atoms with Gasteiger partial charge in [0.1, 0.15) is 0 Å². The number of benzene rings is 1. The van der Waals surface area contributed by atoms with Crippen LogP contribution in [0.5, 0.6) is 0 Å². The van der Waals surface area contributed by atoms with E-state index in [1.54, 1.807) is 17.4 Å². The zero-order valence-corrected chi connectivity index (χ0v) is 15.9. The number of carbonyl (C=O) groups is 1. The number of rotatable bonds is 5. The van der Waals surface area contributed by atoms with Gasteiger partial charge in [-0.05, 0) is 57.1 Å². The first-order chi connectivity index (χ1) is 12.1. The quantitative estimate of drug-likeness (QED) is 0.733. The van der Waals surface area contributed by atoms with Gasteiger partial charge < -0.3 is 4.90 Å². The number of thiazole rings is 1. The molecule has 0 unspecified atom stereocenters. The fraction of sp³-hybridized carbons (Fsp3) is 0.429. The van der Waals surface area contributed by atoms with Gasteiger partial charge in [0.05, 0.1) is 10.7 Å². The molecule has 3 rings (SSSR count). The Bertz CT molecular complexity index is 725. The molecule has 0 N–H and O–H groups in total. The minimum atomic E-state index is 0.114. The molecule has 1 aromatic carbocycles. The van der Waals surface area contributed by atoms with Gasteiger partial charge in [-0.15, -0.1) is 11.3 Å². The summed E-state index contributed by atoms with van der Waals surface area (Å²) in [5.41, 5.74) is 3.62. The van der Waals surface area contributed by atoms with Gasteiger partial charge in [0.15, 0.2) is 0 Å². The second-order valence-corrected chi connectivity index (χ2v) is 7.98. The molecular formula is C21H26N2OS. The molecule has 2 aromatic rings. The van der Waals surface area contributed by atoms with Gasteiger partial charge in [0.25, 0.3) is 0 Å². The molecule has 132 valence electrons. The molecule has 1 aromatic heterocycles. The van der Waals surface area contributed by atoms with Crippen molar-refractivity contribution in [3.8, 4) is 0 Å².